The zero-order valence-electron chi connectivity index (χ0n) is 15.8. The number of fused-ring (bicyclic) bond motifs is 1. The molecule has 0 spiro atoms. The van der Waals surface area contributed by atoms with Crippen LogP contribution in [-0.2, 0) is 9.59 Å². The van der Waals surface area contributed by atoms with E-state index in [1.165, 1.54) is 14.2 Å². The summed E-state index contributed by atoms with van der Waals surface area (Å²) in [6.07, 6.45) is 7.68. The van der Waals surface area contributed by atoms with Crippen LogP contribution in [0.25, 0.3) is 0 Å². The minimum absolute atomic E-state index is 0.104. The third-order valence-electron chi connectivity index (χ3n) is 5.39. The van der Waals surface area contributed by atoms with Crippen molar-refractivity contribution in [2.75, 3.05) is 26.6 Å². The van der Waals surface area contributed by atoms with Gasteiger partial charge in [-0.25, -0.2) is 0 Å². The third kappa shape index (κ3) is 3.61. The minimum Gasteiger partial charge on any atom is -0.550 e. The standard InChI is InChI=1S/C21H24ClNO5/c1-27-16-9-8-13(12-17(16)28-2)19-18(21(25)26)14-6-3-4-7-15(14)20(24)23(19)11-5-10-22/h3-4,6-9,12,14-15,18-19H,5,10-11H2,1-2H3,(H,25,26)/p-1/t14-,15+,18+,19+/m1/s1. The van der Waals surface area contributed by atoms with E-state index in [9.17, 15) is 14.7 Å². The van der Waals surface area contributed by atoms with Gasteiger partial charge >= 0.3 is 0 Å². The van der Waals surface area contributed by atoms with Crippen LogP contribution in [0.15, 0.2) is 42.5 Å². The third-order valence-corrected chi connectivity index (χ3v) is 5.66. The van der Waals surface area contributed by atoms with Crippen molar-refractivity contribution in [2.24, 2.45) is 17.8 Å². The van der Waals surface area contributed by atoms with E-state index in [1.807, 2.05) is 0 Å². The van der Waals surface area contributed by atoms with E-state index in [2.05, 4.69) is 0 Å². The molecule has 6 nitrogen and oxygen atoms in total. The Labute approximate surface area is 169 Å². The number of aliphatic carboxylic acids is 1. The van der Waals surface area contributed by atoms with Gasteiger partial charge in [-0.2, -0.15) is 0 Å². The van der Waals surface area contributed by atoms with Gasteiger partial charge in [-0.3, -0.25) is 4.79 Å². The molecule has 1 fully saturated rings. The predicted octanol–water partition coefficient (Wildman–Crippen LogP) is 1.94. The summed E-state index contributed by atoms with van der Waals surface area (Å²) >= 11 is 5.86. The molecule has 0 bridgehead atoms. The maximum absolute atomic E-state index is 13.2. The van der Waals surface area contributed by atoms with E-state index < -0.39 is 29.8 Å². The summed E-state index contributed by atoms with van der Waals surface area (Å²) < 4.78 is 10.7. The maximum atomic E-state index is 13.2. The fourth-order valence-electron chi connectivity index (χ4n) is 4.14. The Hall–Kier alpha value is -2.47. The Morgan fingerprint density at radius 2 is 1.89 bits per heavy atom. The summed E-state index contributed by atoms with van der Waals surface area (Å²) in [6.45, 7) is 0.367. The Balaban J connectivity index is 2.11. The summed E-state index contributed by atoms with van der Waals surface area (Å²) in [4.78, 5) is 27.1. The first kappa shape index (κ1) is 20.3. The summed E-state index contributed by atoms with van der Waals surface area (Å²) in [5.41, 5.74) is 0.663. The number of ether oxygens (including phenoxy) is 2. The van der Waals surface area contributed by atoms with Crippen molar-refractivity contribution in [1.82, 2.24) is 4.90 Å². The lowest BCUT2D eigenvalue weighted by molar-refractivity contribution is -0.316. The predicted molar refractivity (Wildman–Crippen MR) is 103 cm³/mol. The molecule has 0 N–H and O–H groups in total. The monoisotopic (exact) mass is 404 g/mol. The van der Waals surface area contributed by atoms with E-state index in [4.69, 9.17) is 21.1 Å². The largest absolute Gasteiger partial charge is 0.550 e. The zero-order valence-corrected chi connectivity index (χ0v) is 16.6. The molecule has 3 rings (SSSR count). The number of piperidine rings is 1. The highest BCUT2D eigenvalue weighted by molar-refractivity contribution is 6.17. The highest BCUT2D eigenvalue weighted by Crippen LogP contribution is 2.46. The van der Waals surface area contributed by atoms with E-state index >= 15 is 0 Å². The van der Waals surface area contributed by atoms with Crippen LogP contribution in [0, 0.1) is 17.8 Å². The summed E-state index contributed by atoms with van der Waals surface area (Å²) in [5.74, 6) is -1.77. The molecule has 1 aliphatic carbocycles. The number of allylic oxidation sites excluding steroid dienone is 3. The van der Waals surface area contributed by atoms with E-state index in [0.29, 0.717) is 35.9 Å². The highest BCUT2D eigenvalue weighted by Gasteiger charge is 2.48. The molecule has 1 aromatic carbocycles. The fourth-order valence-corrected chi connectivity index (χ4v) is 4.26. The van der Waals surface area contributed by atoms with Crippen LogP contribution in [0.4, 0.5) is 0 Å². The number of carbonyl (C=O) groups is 2. The minimum atomic E-state index is -1.18. The van der Waals surface area contributed by atoms with Gasteiger partial charge in [0.1, 0.15) is 0 Å². The molecule has 0 saturated carbocycles. The van der Waals surface area contributed by atoms with Crippen molar-refractivity contribution >= 4 is 23.5 Å². The number of carboxylic acids is 1. The van der Waals surface area contributed by atoms with Gasteiger partial charge in [0.05, 0.1) is 26.2 Å². The lowest BCUT2D eigenvalue weighted by Crippen LogP contribution is -2.56. The first-order chi connectivity index (χ1) is 13.5. The molecule has 1 aromatic rings. The molecule has 28 heavy (non-hydrogen) atoms. The molecule has 150 valence electrons. The van der Waals surface area contributed by atoms with Crippen LogP contribution < -0.4 is 14.6 Å². The molecule has 0 aromatic heterocycles. The molecule has 7 heteroatoms. The van der Waals surface area contributed by atoms with Crippen molar-refractivity contribution in [2.45, 2.75) is 12.5 Å². The first-order valence-corrected chi connectivity index (χ1v) is 9.71. The van der Waals surface area contributed by atoms with Crippen LogP contribution in [-0.4, -0.2) is 43.4 Å². The molecular weight excluding hydrogens is 382 g/mol. The number of nitrogens with zero attached hydrogens (tertiary/aromatic N) is 1. The van der Waals surface area contributed by atoms with Crippen LogP contribution >= 0.6 is 11.6 Å². The smallest absolute Gasteiger partial charge is 0.230 e. The van der Waals surface area contributed by atoms with Crippen molar-refractivity contribution in [3.8, 4) is 11.5 Å². The van der Waals surface area contributed by atoms with Gasteiger partial charge in [-0.15, -0.1) is 11.6 Å². The number of hydrogen-bond donors (Lipinski definition) is 0. The maximum Gasteiger partial charge on any atom is 0.230 e. The SMILES string of the molecule is COc1ccc([C@H]2[C@@H](C(=O)[O-])[C@@H]3C=CC=C[C@@H]3C(=O)N2CCCCl)cc1OC. The van der Waals surface area contributed by atoms with Gasteiger partial charge in [0, 0.05) is 30.2 Å². The lowest BCUT2D eigenvalue weighted by Gasteiger charge is -2.49. The second kappa shape index (κ2) is 8.69. The topological polar surface area (TPSA) is 78.9 Å². The van der Waals surface area contributed by atoms with Crippen LogP contribution in [0.5, 0.6) is 11.5 Å². The average molecular weight is 405 g/mol. The van der Waals surface area contributed by atoms with Crippen molar-refractivity contribution in [1.29, 1.82) is 0 Å². The lowest BCUT2D eigenvalue weighted by atomic mass is 9.69. The molecule has 2 aliphatic rings. The van der Waals surface area contributed by atoms with Gasteiger partial charge in [-0.1, -0.05) is 30.4 Å². The second-order valence-electron chi connectivity index (χ2n) is 6.85. The fraction of sp³-hybridized carbons (Fsp3) is 0.429. The molecule has 0 radical (unpaired) electrons. The molecular formula is C21H23ClNO5-. The molecule has 4 atom stereocenters. The molecule has 1 heterocycles. The number of methoxy groups -OCH3 is 2. The quantitative estimate of drug-likeness (QED) is 0.649. The van der Waals surface area contributed by atoms with Gasteiger partial charge in [0.25, 0.3) is 0 Å². The summed E-state index contributed by atoms with van der Waals surface area (Å²) in [5, 5.41) is 12.2. The normalized spacial score (nSPS) is 26.1. The highest BCUT2D eigenvalue weighted by atomic mass is 35.5. The number of rotatable bonds is 7. The molecule has 1 aliphatic heterocycles. The molecule has 1 saturated heterocycles. The van der Waals surface area contributed by atoms with Gasteiger partial charge in [0.2, 0.25) is 5.91 Å². The zero-order chi connectivity index (χ0) is 20.3. The number of halogens is 1. The van der Waals surface area contributed by atoms with Crippen molar-refractivity contribution in [3.63, 3.8) is 0 Å². The Bertz CT molecular complexity index is 806. The van der Waals surface area contributed by atoms with Crippen LogP contribution in [0.3, 0.4) is 0 Å². The number of hydrogen-bond acceptors (Lipinski definition) is 5. The van der Waals surface area contributed by atoms with Crippen LogP contribution in [0.1, 0.15) is 18.0 Å². The van der Waals surface area contributed by atoms with E-state index in [0.717, 1.165) is 0 Å². The second-order valence-corrected chi connectivity index (χ2v) is 7.23. The van der Waals surface area contributed by atoms with Crippen molar-refractivity contribution < 1.29 is 24.2 Å². The van der Waals surface area contributed by atoms with Gasteiger partial charge < -0.3 is 24.3 Å². The first-order valence-electron chi connectivity index (χ1n) is 9.17. The molecule has 0 unspecified atom stereocenters. The van der Waals surface area contributed by atoms with Crippen LogP contribution in [0.2, 0.25) is 0 Å². The van der Waals surface area contributed by atoms with E-state index in [1.54, 1.807) is 47.4 Å². The number of amides is 1. The van der Waals surface area contributed by atoms with Crippen molar-refractivity contribution in [3.05, 3.63) is 48.1 Å². The van der Waals surface area contributed by atoms with E-state index in [-0.39, 0.29) is 5.91 Å². The van der Waals surface area contributed by atoms with Gasteiger partial charge in [0.15, 0.2) is 11.5 Å². The Morgan fingerprint density at radius 3 is 2.54 bits per heavy atom. The average Bonchev–Trinajstić information content (AvgIpc) is 2.72. The van der Waals surface area contributed by atoms with Gasteiger partial charge in [-0.05, 0) is 24.1 Å². The number of likely N-dealkylation sites (tertiary alicyclic amines) is 1. The summed E-state index contributed by atoms with van der Waals surface area (Å²) in [6, 6.07) is 4.53. The Morgan fingerprint density at radius 1 is 1.18 bits per heavy atom. The molecule has 1 amide bonds. The number of alkyl halides is 1. The number of benzene rings is 1. The number of carbonyl (C=O) groups excluding carboxylic acids is 2. The summed E-state index contributed by atoms with van der Waals surface area (Å²) in [7, 11) is 3.04. The number of carboxylic acid groups (broad SMARTS) is 1. The Kier molecular flexibility index (Phi) is 6.29.